The van der Waals surface area contributed by atoms with Crippen molar-refractivity contribution in [2.45, 2.75) is 257 Å². The zero-order valence-corrected chi connectivity index (χ0v) is 52.1. The summed E-state index contributed by atoms with van der Waals surface area (Å²) < 4.78 is 10.0. The Balaban J connectivity index is 0.000000574. The number of ether oxygens (including phenoxy) is 2. The predicted molar refractivity (Wildman–Crippen MR) is 312 cm³/mol. The maximum Gasteiger partial charge on any atom is 0.326 e. The molecule has 4 saturated heterocycles. The van der Waals surface area contributed by atoms with Crippen LogP contribution < -0.4 is 21.3 Å². The third kappa shape index (κ3) is 25.4. The second-order valence-corrected chi connectivity index (χ2v) is 21.9. The molecule has 4 rings (SSSR count). The molecule has 28 nitrogen and oxygen atoms in total. The number of rotatable bonds is 32. The smallest absolute Gasteiger partial charge is 0.326 e. The molecule has 4 aliphatic heterocycles. The van der Waals surface area contributed by atoms with E-state index in [1.165, 1.54) is 19.6 Å². The lowest BCUT2D eigenvalue weighted by Gasteiger charge is -2.27. The van der Waals surface area contributed by atoms with Gasteiger partial charge in [0.1, 0.15) is 48.3 Å². The summed E-state index contributed by atoms with van der Waals surface area (Å²) in [6.45, 7) is 20.0. The largest absolute Gasteiger partial charge is 0.480 e. The maximum absolute atomic E-state index is 12.5. The number of carboxylic acid groups (broad SMARTS) is 6. The highest BCUT2D eigenvalue weighted by Crippen LogP contribution is 2.23. The van der Waals surface area contributed by atoms with E-state index >= 15 is 0 Å². The van der Waals surface area contributed by atoms with Crippen molar-refractivity contribution in [3.05, 3.63) is 0 Å². The Bertz CT molecular complexity index is 2220. The molecule has 0 aromatic carbocycles. The number of amides is 4. The minimum Gasteiger partial charge on any atom is -0.480 e. The summed E-state index contributed by atoms with van der Waals surface area (Å²) in [4.78, 5) is 146. The van der Waals surface area contributed by atoms with Gasteiger partial charge < -0.3 is 59.7 Å². The highest BCUT2D eigenvalue weighted by atomic mass is 16.5. The van der Waals surface area contributed by atoms with Crippen molar-refractivity contribution in [1.29, 1.82) is 0 Å². The molecular formula is C58H100N8O20. The number of nitrogens with zero attached hydrogens (tertiary/aromatic N) is 4. The lowest BCUT2D eigenvalue weighted by Crippen LogP contribution is -2.53. The number of carbonyl (C=O) groups is 12. The molecule has 0 aliphatic carbocycles. The third-order valence-electron chi connectivity index (χ3n) is 15.2. The normalized spacial score (nSPS) is 20.8. The fraction of sp³-hybridized carbons (Fsp3) is 0.793. The van der Waals surface area contributed by atoms with Gasteiger partial charge in [-0.15, -0.1) is 0 Å². The molecule has 492 valence electrons. The summed E-state index contributed by atoms with van der Waals surface area (Å²) in [6.07, 6.45) is 11.5. The average molecular weight is 1230 g/mol. The lowest BCUT2D eigenvalue weighted by molar-refractivity contribution is -0.150. The summed E-state index contributed by atoms with van der Waals surface area (Å²) in [5, 5.41) is 66.3. The number of hydrogen-bond donors (Lipinski definition) is 10. The van der Waals surface area contributed by atoms with Crippen molar-refractivity contribution in [3.63, 3.8) is 0 Å². The number of nitrogens with one attached hydrogen (secondary N) is 4. The molecule has 4 aliphatic rings. The molecule has 4 fully saturated rings. The molecule has 28 heteroatoms. The van der Waals surface area contributed by atoms with Crippen LogP contribution in [-0.2, 0) is 67.0 Å². The zero-order valence-electron chi connectivity index (χ0n) is 52.1. The number of unbranched alkanes of at least 4 members (excludes halogenated alkanes) is 2. The van der Waals surface area contributed by atoms with Gasteiger partial charge in [0, 0.05) is 26.2 Å². The van der Waals surface area contributed by atoms with Gasteiger partial charge in [-0.2, -0.15) is 0 Å². The van der Waals surface area contributed by atoms with Crippen LogP contribution in [0.2, 0.25) is 0 Å². The molecule has 0 unspecified atom stereocenters. The number of aliphatic carboxylic acids is 6. The summed E-state index contributed by atoms with van der Waals surface area (Å²) in [5.74, 6) is -7.94. The summed E-state index contributed by atoms with van der Waals surface area (Å²) in [5.41, 5.74) is 0. The minimum atomic E-state index is -1.01. The molecule has 0 radical (unpaired) electrons. The quantitative estimate of drug-likeness (QED) is 0.0433. The van der Waals surface area contributed by atoms with E-state index in [1.54, 1.807) is 41.5 Å². The van der Waals surface area contributed by atoms with Crippen molar-refractivity contribution >= 4 is 71.4 Å². The van der Waals surface area contributed by atoms with Gasteiger partial charge in [-0.1, -0.05) is 66.2 Å². The van der Waals surface area contributed by atoms with E-state index in [9.17, 15) is 62.6 Å². The second kappa shape index (κ2) is 40.8. The van der Waals surface area contributed by atoms with Gasteiger partial charge in [-0.3, -0.25) is 59.6 Å². The van der Waals surface area contributed by atoms with E-state index in [4.69, 9.17) is 35.0 Å². The van der Waals surface area contributed by atoms with E-state index in [-0.39, 0.29) is 42.2 Å². The first-order valence-electron chi connectivity index (χ1n) is 30.6. The highest BCUT2D eigenvalue weighted by Gasteiger charge is 2.41. The number of carbonyl (C=O) groups excluding carboxylic acids is 6. The fourth-order valence-corrected chi connectivity index (χ4v) is 10.6. The van der Waals surface area contributed by atoms with Crippen LogP contribution in [0.15, 0.2) is 0 Å². The fourth-order valence-electron chi connectivity index (χ4n) is 10.6. The predicted octanol–water partition coefficient (Wildman–Crippen LogP) is 2.91. The van der Waals surface area contributed by atoms with Crippen LogP contribution in [0, 0.1) is 0 Å². The lowest BCUT2D eigenvalue weighted by atomic mass is 10.1. The highest BCUT2D eigenvalue weighted by molar-refractivity contribution is 5.90. The van der Waals surface area contributed by atoms with Crippen molar-refractivity contribution in [1.82, 2.24) is 40.9 Å². The first kappa shape index (κ1) is 77.5. The Kier molecular flexibility index (Phi) is 36.7. The van der Waals surface area contributed by atoms with Gasteiger partial charge in [-0.25, -0.2) is 19.2 Å². The molecule has 86 heavy (non-hydrogen) atoms. The zero-order chi connectivity index (χ0) is 65.4. The molecule has 4 amide bonds. The van der Waals surface area contributed by atoms with Crippen molar-refractivity contribution in [2.24, 2.45) is 0 Å². The van der Waals surface area contributed by atoms with E-state index in [1.807, 2.05) is 27.7 Å². The van der Waals surface area contributed by atoms with Gasteiger partial charge in [-0.05, 0) is 119 Å². The van der Waals surface area contributed by atoms with Crippen molar-refractivity contribution in [2.75, 3.05) is 39.4 Å². The monoisotopic (exact) mass is 1230 g/mol. The Morgan fingerprint density at radius 2 is 0.605 bits per heavy atom. The second-order valence-electron chi connectivity index (χ2n) is 21.9. The van der Waals surface area contributed by atoms with Gasteiger partial charge in [0.05, 0.1) is 37.4 Å². The topological polar surface area (TPSA) is 406 Å². The van der Waals surface area contributed by atoms with Crippen molar-refractivity contribution < 1.29 is 97.6 Å². The molecule has 0 bridgehead atoms. The molecule has 4 heterocycles. The summed E-state index contributed by atoms with van der Waals surface area (Å²) in [6, 6.07) is -8.42. The minimum absolute atomic E-state index is 0.277. The van der Waals surface area contributed by atoms with Gasteiger partial charge in [0.2, 0.25) is 23.6 Å². The van der Waals surface area contributed by atoms with Crippen LogP contribution in [-0.4, -0.2) is 234 Å². The Hall–Kier alpha value is -6.52. The molecular weight excluding hydrogens is 1130 g/mol. The van der Waals surface area contributed by atoms with E-state index in [2.05, 4.69) is 21.3 Å². The maximum atomic E-state index is 12.5. The van der Waals surface area contributed by atoms with Crippen molar-refractivity contribution in [3.8, 4) is 0 Å². The van der Waals surface area contributed by atoms with E-state index in [0.717, 1.165) is 32.1 Å². The average Bonchev–Trinajstić information content (AvgIpc) is 3.89. The summed E-state index contributed by atoms with van der Waals surface area (Å²) in [7, 11) is 0. The van der Waals surface area contributed by atoms with Crippen LogP contribution in [0.25, 0.3) is 0 Å². The molecule has 0 aromatic rings. The third-order valence-corrected chi connectivity index (χ3v) is 15.2. The van der Waals surface area contributed by atoms with E-state index < -0.39 is 108 Å². The van der Waals surface area contributed by atoms with Gasteiger partial charge in [0.15, 0.2) is 0 Å². The van der Waals surface area contributed by atoms with Crippen LogP contribution in [0.5, 0.6) is 0 Å². The molecule has 0 saturated carbocycles. The van der Waals surface area contributed by atoms with E-state index in [0.29, 0.717) is 116 Å². The van der Waals surface area contributed by atoms with Crippen LogP contribution in [0.4, 0.5) is 0 Å². The molecule has 0 aromatic heterocycles. The summed E-state index contributed by atoms with van der Waals surface area (Å²) >= 11 is 0. The molecule has 10 N–H and O–H groups in total. The SMILES string of the molecule is CCCC[C@H](N[C@@H](C)C(=O)N1CCC[C@H]1C(=O)O)C(=O)O.CCCC[C@H](N[C@@H](C)C(=O)N1CCC[C@H]1C(=O)O)C(=O)OCC.CCC[C@H](N[C@@H](C)C(=O)N1CCC[C@H]1C(=O)O)C(=O)O.CCC[C@H](N[C@@H](C)C(=O)N1CCC[C@H]1C(=O)O)C(=O)OCC. The van der Waals surface area contributed by atoms with Crippen LogP contribution >= 0.6 is 0 Å². The van der Waals surface area contributed by atoms with Crippen LogP contribution in [0.1, 0.15) is 185 Å². The molecule has 0 spiro atoms. The van der Waals surface area contributed by atoms with Gasteiger partial charge >= 0.3 is 47.8 Å². The standard InChI is InChI=1S/C16H28N2O5.C15H26N2O5.C14H24N2O5.C13H22N2O5/c1-4-6-8-12(16(22)23-5-2)17-11(3)14(19)18-10-7-9-13(18)15(20)21;1-4-7-11(15(21)22-5-2)16-10(3)13(18)17-9-6-8-12(17)14(19)20;1-3-4-6-10(13(18)19)15-9(2)12(17)16-8-5-7-11(16)14(20)21;1-3-5-9(12(17)18)14-8(2)11(16)15-7-4-6-10(15)13(19)20/h11-13,17H,4-10H2,1-3H3,(H,20,21);10-12,16H,4-9H2,1-3H3,(H,19,20);9-11,15H,3-8H2,1-2H3,(H,18,19)(H,20,21);8-10,14H,3-7H2,1-2H3,(H,17,18)(H,19,20)/t11-,12-,13-;10-,11-,12-;9-,10-,11-;8-,9-,10-/m0000/s1. The Morgan fingerprint density at radius 1 is 0.372 bits per heavy atom. The number of esters is 2. The first-order chi connectivity index (χ1) is 40.6. The Labute approximate surface area is 505 Å². The number of likely N-dealkylation sites (tertiary alicyclic amines) is 4. The first-order valence-corrected chi connectivity index (χ1v) is 30.6. The van der Waals surface area contributed by atoms with Gasteiger partial charge in [0.25, 0.3) is 0 Å². The van der Waals surface area contributed by atoms with Crippen LogP contribution in [0.3, 0.4) is 0 Å². The number of carboxylic acids is 6. The molecule has 12 atom stereocenters. The number of hydrogen-bond acceptors (Lipinski definition) is 18. The Morgan fingerprint density at radius 3 is 0.837 bits per heavy atom.